The minimum atomic E-state index is -0.577. The number of hydrogen-bond acceptors (Lipinski definition) is 5. The molecule has 3 heterocycles. The third kappa shape index (κ3) is 2.30. The summed E-state index contributed by atoms with van der Waals surface area (Å²) in [4.78, 5) is 20.2. The van der Waals surface area contributed by atoms with Crippen LogP contribution in [0.2, 0.25) is 0 Å². The summed E-state index contributed by atoms with van der Waals surface area (Å²) < 4.78 is 14.6. The predicted octanol–water partition coefficient (Wildman–Crippen LogP) is 0.895. The molecule has 0 saturated carbocycles. The summed E-state index contributed by atoms with van der Waals surface area (Å²) in [6.45, 7) is 7.89. The van der Waals surface area contributed by atoms with Crippen molar-refractivity contribution in [1.29, 1.82) is 0 Å². The van der Waals surface area contributed by atoms with Crippen LogP contribution >= 0.6 is 0 Å². The Labute approximate surface area is 123 Å². The molecule has 3 rings (SSSR count). The molecule has 0 aromatic carbocycles. The summed E-state index contributed by atoms with van der Waals surface area (Å²) in [5.41, 5.74) is -0.298. The van der Waals surface area contributed by atoms with E-state index in [2.05, 4.69) is 9.97 Å². The molecule has 110 valence electrons. The van der Waals surface area contributed by atoms with E-state index in [0.29, 0.717) is 5.59 Å². The molecule has 8 heteroatoms. The van der Waals surface area contributed by atoms with Gasteiger partial charge in [-0.25, -0.2) is 14.8 Å². The predicted molar refractivity (Wildman–Crippen MR) is 76.4 cm³/mol. The number of nitrogens with zero attached hydrogens (tertiary/aromatic N) is 4. The Hall–Kier alpha value is -1.93. The molecular weight excluding hydrogens is 271 g/mol. The first kappa shape index (κ1) is 14.0. The third-order valence-corrected chi connectivity index (χ3v) is 4.04. The highest BCUT2D eigenvalue weighted by atomic mass is 16.7. The van der Waals surface area contributed by atoms with E-state index in [1.165, 1.54) is 21.8 Å². The van der Waals surface area contributed by atoms with Crippen LogP contribution in [0.1, 0.15) is 27.7 Å². The van der Waals surface area contributed by atoms with Crippen LogP contribution < -0.4 is 5.59 Å². The van der Waals surface area contributed by atoms with Gasteiger partial charge in [-0.1, -0.05) is 0 Å². The molecule has 1 fully saturated rings. The van der Waals surface area contributed by atoms with Crippen LogP contribution in [0.4, 0.5) is 4.79 Å². The van der Waals surface area contributed by atoms with Gasteiger partial charge in [0.2, 0.25) is 0 Å². The van der Waals surface area contributed by atoms with Crippen LogP contribution in [0.3, 0.4) is 0 Å². The lowest BCUT2D eigenvalue weighted by Gasteiger charge is -2.32. The Morgan fingerprint density at radius 1 is 1.14 bits per heavy atom. The van der Waals surface area contributed by atoms with Crippen LogP contribution in [-0.4, -0.2) is 43.5 Å². The molecule has 1 aliphatic rings. The average Bonchev–Trinajstić information content (AvgIpc) is 3.10. The Bertz CT molecular complexity index is 647. The summed E-state index contributed by atoms with van der Waals surface area (Å²) in [6, 6.07) is -0.261. The highest BCUT2D eigenvalue weighted by Gasteiger charge is 2.52. The fourth-order valence-electron chi connectivity index (χ4n) is 2.03. The molecule has 1 saturated heterocycles. The number of aromatic nitrogens is 4. The van der Waals surface area contributed by atoms with Crippen molar-refractivity contribution in [2.45, 2.75) is 38.9 Å². The van der Waals surface area contributed by atoms with E-state index >= 15 is 0 Å². The lowest BCUT2D eigenvalue weighted by Crippen LogP contribution is -2.41. The van der Waals surface area contributed by atoms with E-state index in [-0.39, 0.29) is 6.03 Å². The molecule has 1 aliphatic heterocycles. The third-order valence-electron chi connectivity index (χ3n) is 4.04. The van der Waals surface area contributed by atoms with Gasteiger partial charge in [0.15, 0.2) is 0 Å². The van der Waals surface area contributed by atoms with Crippen molar-refractivity contribution in [3.05, 3.63) is 31.2 Å². The monoisotopic (exact) mass is 288 g/mol. The lowest BCUT2D eigenvalue weighted by atomic mass is 9.86. The van der Waals surface area contributed by atoms with Gasteiger partial charge in [0, 0.05) is 18.6 Å². The molecular formula is C13H17BN4O3. The zero-order chi connectivity index (χ0) is 15.3. The van der Waals surface area contributed by atoms with Gasteiger partial charge in [-0.05, 0) is 27.7 Å². The molecule has 21 heavy (non-hydrogen) atoms. The Balaban J connectivity index is 1.82. The maximum absolute atomic E-state index is 12.2. The highest BCUT2D eigenvalue weighted by Crippen LogP contribution is 2.36. The molecule has 2 aromatic rings. The second-order valence-corrected chi connectivity index (χ2v) is 6.05. The number of imidazole rings is 2. The smallest absolute Gasteiger partial charge is 0.398 e. The van der Waals surface area contributed by atoms with E-state index in [9.17, 15) is 4.79 Å². The topological polar surface area (TPSA) is 71.2 Å². The summed E-state index contributed by atoms with van der Waals surface area (Å²) in [6.07, 6.45) is 7.63. The van der Waals surface area contributed by atoms with Crippen molar-refractivity contribution in [1.82, 2.24) is 19.1 Å². The highest BCUT2D eigenvalue weighted by molar-refractivity contribution is 6.61. The summed E-state index contributed by atoms with van der Waals surface area (Å²) in [5.74, 6) is 0. The second kappa shape index (κ2) is 4.54. The molecule has 0 spiro atoms. The molecule has 0 unspecified atom stereocenters. The molecule has 0 atom stereocenters. The van der Waals surface area contributed by atoms with Gasteiger partial charge in [0.1, 0.15) is 12.7 Å². The number of carbonyl (C=O) groups excluding carboxylic acids is 1. The minimum Gasteiger partial charge on any atom is -0.398 e. The van der Waals surface area contributed by atoms with Gasteiger partial charge in [0.25, 0.3) is 0 Å². The molecule has 0 amide bonds. The van der Waals surface area contributed by atoms with Gasteiger partial charge >= 0.3 is 13.1 Å². The van der Waals surface area contributed by atoms with Crippen molar-refractivity contribution < 1.29 is 14.1 Å². The van der Waals surface area contributed by atoms with Crippen molar-refractivity contribution >= 4 is 18.7 Å². The van der Waals surface area contributed by atoms with Gasteiger partial charge in [-0.3, -0.25) is 9.13 Å². The van der Waals surface area contributed by atoms with Gasteiger partial charge in [0.05, 0.1) is 16.8 Å². The number of rotatable bonds is 1. The van der Waals surface area contributed by atoms with Crippen LogP contribution in [-0.2, 0) is 9.31 Å². The van der Waals surface area contributed by atoms with E-state index in [0.717, 1.165) is 0 Å². The quantitative estimate of drug-likeness (QED) is 0.729. The normalized spacial score (nSPS) is 19.9. The van der Waals surface area contributed by atoms with Crippen molar-refractivity contribution in [2.75, 3.05) is 0 Å². The first-order valence-electron chi connectivity index (χ1n) is 6.72. The van der Waals surface area contributed by atoms with E-state index < -0.39 is 18.3 Å². The summed E-state index contributed by atoms with van der Waals surface area (Å²) >= 11 is 0. The molecule has 0 radical (unpaired) electrons. The van der Waals surface area contributed by atoms with Gasteiger partial charge in [-0.2, -0.15) is 0 Å². The molecule has 2 aromatic heterocycles. The van der Waals surface area contributed by atoms with Gasteiger partial charge in [-0.15, -0.1) is 0 Å². The zero-order valence-electron chi connectivity index (χ0n) is 12.5. The minimum absolute atomic E-state index is 0.261. The van der Waals surface area contributed by atoms with Crippen molar-refractivity contribution in [3.8, 4) is 0 Å². The summed E-state index contributed by atoms with van der Waals surface area (Å²) in [5, 5.41) is 0. The fourth-order valence-corrected chi connectivity index (χ4v) is 2.03. The fraction of sp³-hybridized carbons (Fsp3) is 0.462. The summed E-state index contributed by atoms with van der Waals surface area (Å²) in [7, 11) is -0.577. The van der Waals surface area contributed by atoms with Crippen LogP contribution in [0.5, 0.6) is 0 Å². The Kier molecular flexibility index (Phi) is 3.03. The average molecular weight is 288 g/mol. The Morgan fingerprint density at radius 3 is 2.38 bits per heavy atom. The number of hydrogen-bond donors (Lipinski definition) is 0. The molecule has 7 nitrogen and oxygen atoms in total. The maximum atomic E-state index is 12.2. The van der Waals surface area contributed by atoms with Crippen LogP contribution in [0, 0.1) is 0 Å². The van der Waals surface area contributed by atoms with Crippen LogP contribution in [0.15, 0.2) is 31.2 Å². The van der Waals surface area contributed by atoms with Crippen LogP contribution in [0.25, 0.3) is 0 Å². The largest absolute Gasteiger partial charge is 0.516 e. The SMILES string of the molecule is CC1(C)OB(c2cn(C(=O)n3ccnc3)cn2)OC1(C)C. The molecule has 0 N–H and O–H groups in total. The molecule has 0 aliphatic carbocycles. The maximum Gasteiger partial charge on any atom is 0.516 e. The molecule has 0 bridgehead atoms. The first-order chi connectivity index (χ1) is 9.80. The second-order valence-electron chi connectivity index (χ2n) is 6.05. The number of carbonyl (C=O) groups is 1. The zero-order valence-corrected chi connectivity index (χ0v) is 12.5. The van der Waals surface area contributed by atoms with Crippen molar-refractivity contribution in [3.63, 3.8) is 0 Å². The van der Waals surface area contributed by atoms with E-state index in [4.69, 9.17) is 9.31 Å². The standard InChI is InChI=1S/C13H17BN4O3/c1-12(2)13(3,4)21-14(20-12)10-7-18(9-16-10)11(19)17-6-5-15-8-17/h5-9H,1-4H3. The first-order valence-corrected chi connectivity index (χ1v) is 6.72. The van der Waals surface area contributed by atoms with E-state index in [1.807, 2.05) is 27.7 Å². The lowest BCUT2D eigenvalue weighted by molar-refractivity contribution is 0.00578. The van der Waals surface area contributed by atoms with Gasteiger partial charge < -0.3 is 9.31 Å². The Morgan fingerprint density at radius 2 is 1.81 bits per heavy atom. The van der Waals surface area contributed by atoms with E-state index in [1.54, 1.807) is 18.6 Å². The van der Waals surface area contributed by atoms with Crippen molar-refractivity contribution in [2.24, 2.45) is 0 Å².